The molecule has 1 heterocycles. The minimum absolute atomic E-state index is 0.0816. The number of anilines is 1. The van der Waals surface area contributed by atoms with Crippen LogP contribution in [-0.2, 0) is 9.59 Å². The molecule has 0 radical (unpaired) electrons. The van der Waals surface area contributed by atoms with Crippen LogP contribution in [-0.4, -0.2) is 59.1 Å². The molecule has 0 saturated carbocycles. The number of thioether (sulfide) groups is 1. The summed E-state index contributed by atoms with van der Waals surface area (Å²) >= 11 is 1.28. The number of likely N-dealkylation sites (N-methyl/N-ethyl adjacent to an activating group) is 1. The summed E-state index contributed by atoms with van der Waals surface area (Å²) in [5.41, 5.74) is -0.117. The molecule has 8 heteroatoms. The molecule has 1 atom stereocenters. The SMILES string of the molecule is Cc1cc(NC(=O)C(C)SCC(=O)NCC(C)(C)N(C)C)no1. The van der Waals surface area contributed by atoms with E-state index in [9.17, 15) is 9.59 Å². The Morgan fingerprint density at radius 2 is 2.09 bits per heavy atom. The lowest BCUT2D eigenvalue weighted by Gasteiger charge is -2.32. The van der Waals surface area contributed by atoms with Gasteiger partial charge in [0.1, 0.15) is 5.76 Å². The largest absolute Gasteiger partial charge is 0.360 e. The highest BCUT2D eigenvalue weighted by Gasteiger charge is 2.22. The third-order valence-electron chi connectivity index (χ3n) is 3.64. The van der Waals surface area contributed by atoms with Crippen LogP contribution in [0, 0.1) is 6.92 Å². The molecule has 1 aromatic rings. The molecule has 0 aliphatic heterocycles. The van der Waals surface area contributed by atoms with Gasteiger partial charge in [-0.2, -0.15) is 0 Å². The molecule has 0 aliphatic carbocycles. The van der Waals surface area contributed by atoms with Crippen LogP contribution in [0.3, 0.4) is 0 Å². The number of carbonyl (C=O) groups excluding carboxylic acids is 2. The Kier molecular flexibility index (Phi) is 7.08. The highest BCUT2D eigenvalue weighted by Crippen LogP contribution is 2.14. The zero-order chi connectivity index (χ0) is 17.6. The highest BCUT2D eigenvalue weighted by atomic mass is 32.2. The normalized spacial score (nSPS) is 13.0. The van der Waals surface area contributed by atoms with Gasteiger partial charge in [-0.25, -0.2) is 0 Å². The highest BCUT2D eigenvalue weighted by molar-refractivity contribution is 8.01. The van der Waals surface area contributed by atoms with Crippen molar-refractivity contribution in [2.75, 3.05) is 31.7 Å². The van der Waals surface area contributed by atoms with Crippen molar-refractivity contribution >= 4 is 29.4 Å². The number of hydrogen-bond acceptors (Lipinski definition) is 6. The zero-order valence-electron chi connectivity index (χ0n) is 14.6. The van der Waals surface area contributed by atoms with Crippen LogP contribution in [0.1, 0.15) is 26.5 Å². The molecule has 0 fully saturated rings. The third-order valence-corrected chi connectivity index (χ3v) is 4.78. The molecule has 23 heavy (non-hydrogen) atoms. The lowest BCUT2D eigenvalue weighted by atomic mass is 10.0. The van der Waals surface area contributed by atoms with E-state index in [0.717, 1.165) is 0 Å². The summed E-state index contributed by atoms with van der Waals surface area (Å²) in [6, 6.07) is 1.64. The quantitative estimate of drug-likeness (QED) is 0.744. The molecule has 1 rings (SSSR count). The molecule has 2 amide bonds. The van der Waals surface area contributed by atoms with Crippen molar-refractivity contribution in [3.8, 4) is 0 Å². The maximum absolute atomic E-state index is 12.0. The number of aryl methyl sites for hydroxylation is 1. The minimum atomic E-state index is -0.361. The fraction of sp³-hybridized carbons (Fsp3) is 0.667. The van der Waals surface area contributed by atoms with Gasteiger partial charge >= 0.3 is 0 Å². The Labute approximate surface area is 141 Å². The molecule has 1 unspecified atom stereocenters. The number of amides is 2. The van der Waals surface area contributed by atoms with Crippen LogP contribution in [0.15, 0.2) is 10.6 Å². The summed E-state index contributed by atoms with van der Waals surface area (Å²) in [6.45, 7) is 8.16. The van der Waals surface area contributed by atoms with E-state index < -0.39 is 0 Å². The molecule has 2 N–H and O–H groups in total. The smallest absolute Gasteiger partial charge is 0.238 e. The molecule has 0 bridgehead atoms. The maximum atomic E-state index is 12.0. The topological polar surface area (TPSA) is 87.5 Å². The summed E-state index contributed by atoms with van der Waals surface area (Å²) in [5, 5.41) is 8.89. The predicted molar refractivity (Wildman–Crippen MR) is 92.6 cm³/mol. The Morgan fingerprint density at radius 3 is 2.61 bits per heavy atom. The van der Waals surface area contributed by atoms with E-state index in [1.807, 2.05) is 14.1 Å². The van der Waals surface area contributed by atoms with Crippen molar-refractivity contribution in [2.45, 2.75) is 38.5 Å². The Balaban J connectivity index is 2.33. The summed E-state index contributed by atoms with van der Waals surface area (Å²) in [7, 11) is 3.94. The average Bonchev–Trinajstić information content (AvgIpc) is 2.87. The standard InChI is InChI=1S/C15H26N4O3S/c1-10-7-12(18-22-10)17-14(21)11(2)23-8-13(20)16-9-15(3,4)19(5)6/h7,11H,8-9H2,1-6H3,(H,16,20)(H,17,18,21). The summed E-state index contributed by atoms with van der Waals surface area (Å²) in [6.07, 6.45) is 0. The number of hydrogen-bond donors (Lipinski definition) is 2. The van der Waals surface area contributed by atoms with Gasteiger partial charge in [-0.3, -0.25) is 9.59 Å². The minimum Gasteiger partial charge on any atom is -0.360 e. The van der Waals surface area contributed by atoms with Crippen molar-refractivity contribution in [3.05, 3.63) is 11.8 Å². The lowest BCUT2D eigenvalue weighted by molar-refractivity contribution is -0.119. The second-order valence-corrected chi connectivity index (χ2v) is 7.58. The Bertz CT molecular complexity index is 543. The fourth-order valence-electron chi connectivity index (χ4n) is 1.45. The van der Waals surface area contributed by atoms with Crippen LogP contribution < -0.4 is 10.6 Å². The van der Waals surface area contributed by atoms with Gasteiger partial charge in [0.25, 0.3) is 0 Å². The summed E-state index contributed by atoms with van der Waals surface area (Å²) in [4.78, 5) is 25.9. The summed E-state index contributed by atoms with van der Waals surface area (Å²) in [5.74, 6) is 0.961. The van der Waals surface area contributed by atoms with Crippen LogP contribution in [0.25, 0.3) is 0 Å². The molecule has 0 aromatic carbocycles. The van der Waals surface area contributed by atoms with E-state index in [1.54, 1.807) is 19.9 Å². The van der Waals surface area contributed by atoms with Gasteiger partial charge in [-0.05, 0) is 41.8 Å². The van der Waals surface area contributed by atoms with E-state index in [-0.39, 0.29) is 28.4 Å². The predicted octanol–water partition coefficient (Wildman–Crippen LogP) is 1.50. The van der Waals surface area contributed by atoms with Crippen LogP contribution in [0.2, 0.25) is 0 Å². The van der Waals surface area contributed by atoms with Crippen molar-refractivity contribution in [1.29, 1.82) is 0 Å². The van der Waals surface area contributed by atoms with E-state index in [0.29, 0.717) is 18.1 Å². The van der Waals surface area contributed by atoms with Gasteiger partial charge < -0.3 is 20.1 Å². The van der Waals surface area contributed by atoms with Gasteiger partial charge in [0.2, 0.25) is 11.8 Å². The molecular weight excluding hydrogens is 316 g/mol. The first kappa shape index (κ1) is 19.5. The van der Waals surface area contributed by atoms with Gasteiger partial charge in [0.05, 0.1) is 11.0 Å². The third kappa shape index (κ3) is 6.62. The Morgan fingerprint density at radius 1 is 1.43 bits per heavy atom. The van der Waals surface area contributed by atoms with E-state index >= 15 is 0 Å². The number of aromatic nitrogens is 1. The molecule has 0 aliphatic rings. The van der Waals surface area contributed by atoms with Gasteiger partial charge in [-0.15, -0.1) is 11.8 Å². The van der Waals surface area contributed by atoms with Crippen LogP contribution in [0.5, 0.6) is 0 Å². The molecule has 1 aromatic heterocycles. The van der Waals surface area contributed by atoms with E-state index in [1.165, 1.54) is 11.8 Å². The second-order valence-electron chi connectivity index (χ2n) is 6.25. The zero-order valence-corrected chi connectivity index (χ0v) is 15.4. The molecular formula is C15H26N4O3S. The first-order valence-electron chi connectivity index (χ1n) is 7.42. The van der Waals surface area contributed by atoms with Gasteiger partial charge in [0, 0.05) is 18.2 Å². The number of nitrogens with zero attached hydrogens (tertiary/aromatic N) is 2. The number of rotatable bonds is 8. The first-order chi connectivity index (χ1) is 10.6. The first-order valence-corrected chi connectivity index (χ1v) is 8.46. The lowest BCUT2D eigenvalue weighted by Crippen LogP contribution is -2.48. The molecule has 7 nitrogen and oxygen atoms in total. The van der Waals surface area contributed by atoms with Crippen LogP contribution >= 0.6 is 11.8 Å². The number of carbonyl (C=O) groups is 2. The van der Waals surface area contributed by atoms with E-state index in [2.05, 4.69) is 34.5 Å². The van der Waals surface area contributed by atoms with Crippen molar-refractivity contribution in [2.24, 2.45) is 0 Å². The van der Waals surface area contributed by atoms with Gasteiger partial charge in [-0.1, -0.05) is 5.16 Å². The Hall–Kier alpha value is -1.54. The monoisotopic (exact) mass is 342 g/mol. The van der Waals surface area contributed by atoms with Gasteiger partial charge in [0.15, 0.2) is 5.82 Å². The molecule has 130 valence electrons. The van der Waals surface area contributed by atoms with Crippen molar-refractivity contribution in [3.63, 3.8) is 0 Å². The van der Waals surface area contributed by atoms with Crippen molar-refractivity contribution in [1.82, 2.24) is 15.4 Å². The number of nitrogens with one attached hydrogen (secondary N) is 2. The second kappa shape index (κ2) is 8.35. The average molecular weight is 342 g/mol. The van der Waals surface area contributed by atoms with E-state index in [4.69, 9.17) is 4.52 Å². The summed E-state index contributed by atoms with van der Waals surface area (Å²) < 4.78 is 4.89. The van der Waals surface area contributed by atoms with Crippen LogP contribution in [0.4, 0.5) is 5.82 Å². The van der Waals surface area contributed by atoms with Crippen molar-refractivity contribution < 1.29 is 14.1 Å². The molecule has 0 spiro atoms. The molecule has 0 saturated heterocycles. The fourth-order valence-corrected chi connectivity index (χ4v) is 2.17. The maximum Gasteiger partial charge on any atom is 0.238 e.